The maximum atomic E-state index is 12.8. The Morgan fingerprint density at radius 2 is 1.63 bits per heavy atom. The van der Waals surface area contributed by atoms with Crippen molar-refractivity contribution in [1.29, 1.82) is 0 Å². The molecule has 0 aliphatic carbocycles. The predicted molar refractivity (Wildman–Crippen MR) is 124 cm³/mol. The number of benzene rings is 3. The van der Waals surface area contributed by atoms with Gasteiger partial charge in [0, 0.05) is 37.4 Å². The van der Waals surface area contributed by atoms with Crippen molar-refractivity contribution in [2.45, 2.75) is 26.8 Å². The third-order valence-electron chi connectivity index (χ3n) is 6.51. The van der Waals surface area contributed by atoms with Gasteiger partial charge in [-0.2, -0.15) is 0 Å². The van der Waals surface area contributed by atoms with Gasteiger partial charge in [-0.1, -0.05) is 54.6 Å². The van der Waals surface area contributed by atoms with E-state index < -0.39 is 0 Å². The van der Waals surface area contributed by atoms with Gasteiger partial charge in [-0.15, -0.1) is 0 Å². The lowest BCUT2D eigenvalue weighted by Gasteiger charge is -2.36. The zero-order valence-electron chi connectivity index (χ0n) is 18.3. The molecule has 2 N–H and O–H groups in total. The molecule has 1 fully saturated rings. The highest BCUT2D eigenvalue weighted by Crippen LogP contribution is 2.24. The fourth-order valence-corrected chi connectivity index (χ4v) is 4.46. The molecule has 1 atom stereocenters. The molecule has 3 aromatic rings. The van der Waals surface area contributed by atoms with E-state index in [2.05, 4.69) is 91.7 Å². The maximum Gasteiger partial charge on any atom is 0.277 e. The van der Waals surface area contributed by atoms with E-state index in [0.717, 1.165) is 26.2 Å². The standard InChI is InChI=1S/C26H31N3O/c1-19-8-6-13-25(20(19)2)28-14-16-29(17-15-28)26(30)18-27-21(3)23-12-7-10-22-9-4-5-11-24(22)23/h4-13,21,27H,14-18H2,1-3H3/p+1/t21-/m0/s1. The normalized spacial score (nSPS) is 15.4. The molecular weight excluding hydrogens is 370 g/mol. The number of aryl methyl sites for hydroxylation is 1. The first-order valence-corrected chi connectivity index (χ1v) is 10.9. The van der Waals surface area contributed by atoms with Crippen LogP contribution in [0.2, 0.25) is 0 Å². The second kappa shape index (κ2) is 8.88. The summed E-state index contributed by atoms with van der Waals surface area (Å²) in [6.07, 6.45) is 0. The second-order valence-electron chi connectivity index (χ2n) is 8.38. The van der Waals surface area contributed by atoms with Gasteiger partial charge in [-0.05, 0) is 48.7 Å². The van der Waals surface area contributed by atoms with E-state index in [4.69, 9.17) is 0 Å². The van der Waals surface area contributed by atoms with E-state index >= 15 is 0 Å². The zero-order valence-corrected chi connectivity index (χ0v) is 18.3. The van der Waals surface area contributed by atoms with Crippen LogP contribution in [0.15, 0.2) is 60.7 Å². The summed E-state index contributed by atoms with van der Waals surface area (Å²) in [6, 6.07) is 21.6. The molecule has 0 unspecified atom stereocenters. The zero-order chi connectivity index (χ0) is 21.1. The van der Waals surface area contributed by atoms with Crippen LogP contribution < -0.4 is 10.2 Å². The van der Waals surface area contributed by atoms with Gasteiger partial charge in [-0.3, -0.25) is 4.79 Å². The average molecular weight is 403 g/mol. The average Bonchev–Trinajstić information content (AvgIpc) is 2.79. The van der Waals surface area contributed by atoms with Crippen LogP contribution in [0.25, 0.3) is 10.8 Å². The highest BCUT2D eigenvalue weighted by atomic mass is 16.2. The summed E-state index contributed by atoms with van der Waals surface area (Å²) >= 11 is 0. The highest BCUT2D eigenvalue weighted by molar-refractivity contribution is 5.86. The van der Waals surface area contributed by atoms with Crippen LogP contribution in [0.3, 0.4) is 0 Å². The number of nitrogens with zero attached hydrogens (tertiary/aromatic N) is 2. The third kappa shape index (κ3) is 4.19. The van der Waals surface area contributed by atoms with Crippen molar-refractivity contribution >= 4 is 22.4 Å². The van der Waals surface area contributed by atoms with Crippen molar-refractivity contribution in [2.75, 3.05) is 37.6 Å². The molecule has 4 rings (SSSR count). The molecule has 0 spiro atoms. The van der Waals surface area contributed by atoms with Crippen molar-refractivity contribution in [3.8, 4) is 0 Å². The number of piperazine rings is 1. The molecule has 1 aliphatic rings. The number of rotatable bonds is 5. The summed E-state index contributed by atoms with van der Waals surface area (Å²) < 4.78 is 0. The van der Waals surface area contributed by atoms with E-state index in [0.29, 0.717) is 6.54 Å². The monoisotopic (exact) mass is 402 g/mol. The van der Waals surface area contributed by atoms with Crippen LogP contribution in [0.4, 0.5) is 5.69 Å². The summed E-state index contributed by atoms with van der Waals surface area (Å²) in [6.45, 7) is 10.4. The Morgan fingerprint density at radius 3 is 2.43 bits per heavy atom. The van der Waals surface area contributed by atoms with Gasteiger partial charge in [0.1, 0.15) is 6.04 Å². The smallest absolute Gasteiger partial charge is 0.277 e. The molecule has 156 valence electrons. The molecule has 1 heterocycles. The third-order valence-corrected chi connectivity index (χ3v) is 6.51. The van der Waals surface area contributed by atoms with Crippen molar-refractivity contribution in [3.05, 3.63) is 77.4 Å². The van der Waals surface area contributed by atoms with Gasteiger partial charge >= 0.3 is 0 Å². The summed E-state index contributed by atoms with van der Waals surface area (Å²) in [5, 5.41) is 4.70. The summed E-state index contributed by atoms with van der Waals surface area (Å²) in [4.78, 5) is 17.3. The minimum atomic E-state index is 0.239. The number of carbonyl (C=O) groups excluding carboxylic acids is 1. The van der Waals surface area contributed by atoms with Crippen molar-refractivity contribution < 1.29 is 10.1 Å². The van der Waals surface area contributed by atoms with Crippen LogP contribution in [-0.2, 0) is 4.79 Å². The molecule has 4 heteroatoms. The van der Waals surface area contributed by atoms with E-state index in [1.165, 1.54) is 33.2 Å². The van der Waals surface area contributed by atoms with Crippen molar-refractivity contribution in [2.24, 2.45) is 0 Å². The summed E-state index contributed by atoms with van der Waals surface area (Å²) in [5.74, 6) is 0.239. The van der Waals surface area contributed by atoms with E-state index in [9.17, 15) is 4.79 Å². The molecule has 0 saturated carbocycles. The van der Waals surface area contributed by atoms with Crippen molar-refractivity contribution in [1.82, 2.24) is 4.90 Å². The molecule has 4 nitrogen and oxygen atoms in total. The number of nitrogens with two attached hydrogens (primary N) is 1. The summed E-state index contributed by atoms with van der Waals surface area (Å²) in [5.41, 5.74) is 5.26. The topological polar surface area (TPSA) is 40.2 Å². The van der Waals surface area contributed by atoms with Crippen LogP contribution in [0.1, 0.15) is 29.7 Å². The Bertz CT molecular complexity index is 1030. The maximum absolute atomic E-state index is 12.8. The number of quaternary nitrogens is 1. The van der Waals surface area contributed by atoms with E-state index in [1.807, 2.05) is 4.90 Å². The van der Waals surface area contributed by atoms with Gasteiger partial charge in [0.15, 0.2) is 6.54 Å². The first kappa shape index (κ1) is 20.4. The number of hydrogen-bond acceptors (Lipinski definition) is 2. The van der Waals surface area contributed by atoms with Gasteiger partial charge in [0.25, 0.3) is 5.91 Å². The molecule has 1 amide bonds. The number of amides is 1. The van der Waals surface area contributed by atoms with Gasteiger partial charge in [0.05, 0.1) is 0 Å². The number of hydrogen-bond donors (Lipinski definition) is 1. The van der Waals surface area contributed by atoms with Crippen LogP contribution in [-0.4, -0.2) is 43.5 Å². The Hall–Kier alpha value is -2.85. The van der Waals surface area contributed by atoms with E-state index in [1.54, 1.807) is 0 Å². The lowest BCUT2D eigenvalue weighted by Crippen LogP contribution is -2.87. The molecule has 0 radical (unpaired) electrons. The molecule has 3 aromatic carbocycles. The molecule has 1 saturated heterocycles. The number of anilines is 1. The Kier molecular flexibility index (Phi) is 6.05. The van der Waals surface area contributed by atoms with Crippen LogP contribution in [0, 0.1) is 13.8 Å². The summed E-state index contributed by atoms with van der Waals surface area (Å²) in [7, 11) is 0. The Morgan fingerprint density at radius 1 is 0.933 bits per heavy atom. The van der Waals surface area contributed by atoms with E-state index in [-0.39, 0.29) is 11.9 Å². The largest absolute Gasteiger partial charge is 0.368 e. The first-order chi connectivity index (χ1) is 14.5. The highest BCUT2D eigenvalue weighted by Gasteiger charge is 2.24. The molecular formula is C26H32N3O+. The SMILES string of the molecule is Cc1cccc(N2CCN(C(=O)C[NH2+][C@@H](C)c3cccc4ccccc34)CC2)c1C. The van der Waals surface area contributed by atoms with Gasteiger partial charge < -0.3 is 15.1 Å². The fraction of sp³-hybridized carbons (Fsp3) is 0.346. The van der Waals surface area contributed by atoms with Crippen LogP contribution in [0.5, 0.6) is 0 Å². The lowest BCUT2D eigenvalue weighted by atomic mass is 10.00. The van der Waals surface area contributed by atoms with Crippen molar-refractivity contribution in [3.63, 3.8) is 0 Å². The first-order valence-electron chi connectivity index (χ1n) is 10.9. The predicted octanol–water partition coefficient (Wildman–Crippen LogP) is 3.43. The molecule has 0 aromatic heterocycles. The minimum absolute atomic E-state index is 0.239. The minimum Gasteiger partial charge on any atom is -0.368 e. The quantitative estimate of drug-likeness (QED) is 0.710. The van der Waals surface area contributed by atoms with Crippen LogP contribution >= 0.6 is 0 Å². The number of fused-ring (bicyclic) bond motifs is 1. The Labute approximate surface area is 179 Å². The second-order valence-corrected chi connectivity index (χ2v) is 8.38. The lowest BCUT2D eigenvalue weighted by molar-refractivity contribution is -0.682. The fourth-order valence-electron chi connectivity index (χ4n) is 4.46. The molecule has 30 heavy (non-hydrogen) atoms. The number of carbonyl (C=O) groups is 1. The van der Waals surface area contributed by atoms with Gasteiger partial charge in [-0.25, -0.2) is 0 Å². The van der Waals surface area contributed by atoms with Gasteiger partial charge in [0.2, 0.25) is 0 Å². The Balaban J connectivity index is 1.33. The molecule has 0 bridgehead atoms. The molecule has 1 aliphatic heterocycles.